The average Bonchev–Trinajstić information content (AvgIpc) is 3.00. The van der Waals surface area contributed by atoms with Gasteiger partial charge in [0, 0.05) is 5.69 Å². The largest absolute Gasteiger partial charge is 0.486 e. The quantitative estimate of drug-likeness (QED) is 0.343. The summed E-state index contributed by atoms with van der Waals surface area (Å²) in [5.74, 6) is -0.153. The van der Waals surface area contributed by atoms with Crippen molar-refractivity contribution in [3.8, 4) is 17.6 Å². The van der Waals surface area contributed by atoms with E-state index in [2.05, 4.69) is 4.98 Å². The van der Waals surface area contributed by atoms with Crippen LogP contribution in [-0.4, -0.2) is 36.6 Å². The van der Waals surface area contributed by atoms with Crippen molar-refractivity contribution >= 4 is 29.4 Å². The standard InChI is InChI=1S/C21H19ClN2O5/c1-4-27-21(26)17-11(2)18(24-12(17)3)19(25)14(10-23)7-13-8-15(22)20-16(9-13)28-5-6-29-20/h7-9,24H,4-6H2,1-3H3/b14-7+. The van der Waals surface area contributed by atoms with Gasteiger partial charge < -0.3 is 19.2 Å². The number of ether oxygens (including phenoxy) is 3. The molecule has 2 aromatic rings. The molecule has 0 amide bonds. The topological polar surface area (TPSA) is 101 Å². The molecule has 0 saturated carbocycles. The Morgan fingerprint density at radius 1 is 1.31 bits per heavy atom. The predicted molar refractivity (Wildman–Crippen MR) is 107 cm³/mol. The van der Waals surface area contributed by atoms with Gasteiger partial charge in [0.15, 0.2) is 11.5 Å². The fraction of sp³-hybridized carbons (Fsp3) is 0.286. The fourth-order valence-corrected chi connectivity index (χ4v) is 3.42. The number of nitrogens with zero attached hydrogens (tertiary/aromatic N) is 1. The van der Waals surface area contributed by atoms with E-state index in [1.807, 2.05) is 6.07 Å². The summed E-state index contributed by atoms with van der Waals surface area (Å²) in [5, 5.41) is 9.88. The lowest BCUT2D eigenvalue weighted by Gasteiger charge is -2.19. The van der Waals surface area contributed by atoms with E-state index in [1.165, 1.54) is 6.08 Å². The number of Topliss-reactive ketones (excluding diaryl/α,β-unsaturated/α-hetero) is 1. The summed E-state index contributed by atoms with van der Waals surface area (Å²) in [5.41, 5.74) is 1.82. The molecule has 1 aliphatic rings. The maximum atomic E-state index is 13.0. The third-order valence-corrected chi connectivity index (χ3v) is 4.72. The van der Waals surface area contributed by atoms with Crippen LogP contribution < -0.4 is 9.47 Å². The number of nitrogens with one attached hydrogen (secondary N) is 1. The monoisotopic (exact) mass is 414 g/mol. The lowest BCUT2D eigenvalue weighted by atomic mass is 10.0. The number of benzene rings is 1. The Bertz CT molecular complexity index is 1060. The molecular weight excluding hydrogens is 396 g/mol. The van der Waals surface area contributed by atoms with E-state index < -0.39 is 11.8 Å². The molecule has 1 aromatic carbocycles. The molecule has 0 spiro atoms. The maximum absolute atomic E-state index is 13.0. The number of aromatic amines is 1. The first-order chi connectivity index (χ1) is 13.9. The van der Waals surface area contributed by atoms with Crippen LogP contribution in [0.1, 0.15) is 44.6 Å². The van der Waals surface area contributed by atoms with Crippen molar-refractivity contribution in [1.82, 2.24) is 4.98 Å². The Labute approximate surface area is 172 Å². The summed E-state index contributed by atoms with van der Waals surface area (Å²) in [6, 6.07) is 5.17. The number of allylic oxidation sites excluding steroid dienone is 1. The molecule has 0 unspecified atom stereocenters. The molecule has 0 aliphatic carbocycles. The summed E-state index contributed by atoms with van der Waals surface area (Å²) in [7, 11) is 0. The molecule has 0 bridgehead atoms. The number of H-pyrrole nitrogens is 1. The molecule has 0 atom stereocenters. The van der Waals surface area contributed by atoms with Crippen LogP contribution in [0.15, 0.2) is 17.7 Å². The SMILES string of the molecule is CCOC(=O)c1c(C)[nH]c(C(=O)/C(C#N)=C/c2cc(Cl)c3c(c2)OCCO3)c1C. The number of aromatic nitrogens is 1. The number of hydrogen-bond acceptors (Lipinski definition) is 6. The lowest BCUT2D eigenvalue weighted by molar-refractivity contribution is 0.0525. The summed E-state index contributed by atoms with van der Waals surface area (Å²) in [6.07, 6.45) is 1.42. The van der Waals surface area contributed by atoms with Gasteiger partial charge in [-0.05, 0) is 50.1 Å². The summed E-state index contributed by atoms with van der Waals surface area (Å²) in [4.78, 5) is 28.0. The highest BCUT2D eigenvalue weighted by atomic mass is 35.5. The number of nitriles is 1. The molecule has 0 fully saturated rings. The molecule has 1 aromatic heterocycles. The van der Waals surface area contributed by atoms with E-state index in [9.17, 15) is 14.9 Å². The van der Waals surface area contributed by atoms with Gasteiger partial charge in [0.2, 0.25) is 5.78 Å². The number of halogens is 1. The van der Waals surface area contributed by atoms with Gasteiger partial charge in [-0.2, -0.15) is 5.26 Å². The van der Waals surface area contributed by atoms with Crippen LogP contribution in [0, 0.1) is 25.2 Å². The Kier molecular flexibility index (Phi) is 5.95. The van der Waals surface area contributed by atoms with Gasteiger partial charge in [-0.15, -0.1) is 0 Å². The van der Waals surface area contributed by atoms with Crippen LogP contribution in [0.4, 0.5) is 0 Å². The minimum absolute atomic E-state index is 0.113. The first-order valence-corrected chi connectivity index (χ1v) is 9.37. The average molecular weight is 415 g/mol. The second-order valence-corrected chi connectivity index (χ2v) is 6.78. The highest BCUT2D eigenvalue weighted by Crippen LogP contribution is 2.39. The zero-order valence-corrected chi connectivity index (χ0v) is 17.0. The van der Waals surface area contributed by atoms with Crippen molar-refractivity contribution in [2.24, 2.45) is 0 Å². The third-order valence-electron chi connectivity index (χ3n) is 4.44. The fourth-order valence-electron chi connectivity index (χ4n) is 3.15. The predicted octanol–water partition coefficient (Wildman–Crippen LogP) is 4.02. The van der Waals surface area contributed by atoms with Gasteiger partial charge in [-0.1, -0.05) is 11.6 Å². The minimum atomic E-state index is -0.533. The first-order valence-electron chi connectivity index (χ1n) is 8.99. The van der Waals surface area contributed by atoms with Crippen LogP contribution in [0.5, 0.6) is 11.5 Å². The summed E-state index contributed by atoms with van der Waals surface area (Å²) >= 11 is 6.22. The van der Waals surface area contributed by atoms with Gasteiger partial charge in [0.25, 0.3) is 0 Å². The van der Waals surface area contributed by atoms with E-state index in [1.54, 1.807) is 32.9 Å². The summed E-state index contributed by atoms with van der Waals surface area (Å²) in [6.45, 7) is 6.03. The highest BCUT2D eigenvalue weighted by molar-refractivity contribution is 6.32. The first kappa shape index (κ1) is 20.5. The van der Waals surface area contributed by atoms with E-state index in [4.69, 9.17) is 25.8 Å². The molecule has 0 saturated heterocycles. The van der Waals surface area contributed by atoms with Gasteiger partial charge in [-0.25, -0.2) is 4.79 Å². The molecule has 7 nitrogen and oxygen atoms in total. The zero-order valence-electron chi connectivity index (χ0n) is 16.2. The molecule has 1 N–H and O–H groups in total. The number of esters is 1. The molecule has 2 heterocycles. The van der Waals surface area contributed by atoms with Crippen molar-refractivity contribution in [2.45, 2.75) is 20.8 Å². The molecule has 3 rings (SSSR count). The van der Waals surface area contributed by atoms with Crippen molar-refractivity contribution in [3.63, 3.8) is 0 Å². The number of carbonyl (C=O) groups is 2. The third kappa shape index (κ3) is 3.98. The van der Waals surface area contributed by atoms with Crippen LogP contribution in [-0.2, 0) is 4.74 Å². The Balaban J connectivity index is 1.98. The number of aryl methyl sites for hydroxylation is 1. The van der Waals surface area contributed by atoms with Crippen LogP contribution >= 0.6 is 11.6 Å². The zero-order chi connectivity index (χ0) is 21.1. The number of fused-ring (bicyclic) bond motifs is 1. The van der Waals surface area contributed by atoms with Crippen molar-refractivity contribution < 1.29 is 23.8 Å². The second kappa shape index (κ2) is 8.41. The molecular formula is C21H19ClN2O5. The van der Waals surface area contributed by atoms with Crippen molar-refractivity contribution in [2.75, 3.05) is 19.8 Å². The Hall–Kier alpha value is -3.24. The normalized spacial score (nSPS) is 13.0. The van der Waals surface area contributed by atoms with Gasteiger partial charge in [0.05, 0.1) is 22.9 Å². The van der Waals surface area contributed by atoms with Crippen molar-refractivity contribution in [1.29, 1.82) is 5.26 Å². The Morgan fingerprint density at radius 3 is 2.72 bits per heavy atom. The lowest BCUT2D eigenvalue weighted by Crippen LogP contribution is -2.15. The van der Waals surface area contributed by atoms with Crippen LogP contribution in [0.2, 0.25) is 5.02 Å². The molecule has 1 aliphatic heterocycles. The Morgan fingerprint density at radius 2 is 2.03 bits per heavy atom. The number of carbonyl (C=O) groups excluding carboxylic acids is 2. The number of rotatable bonds is 5. The van der Waals surface area contributed by atoms with E-state index in [-0.39, 0.29) is 17.9 Å². The minimum Gasteiger partial charge on any atom is -0.486 e. The maximum Gasteiger partial charge on any atom is 0.340 e. The number of ketones is 1. The van der Waals surface area contributed by atoms with Gasteiger partial charge >= 0.3 is 5.97 Å². The molecule has 150 valence electrons. The van der Waals surface area contributed by atoms with Crippen LogP contribution in [0.3, 0.4) is 0 Å². The van der Waals surface area contributed by atoms with E-state index in [0.717, 1.165) is 0 Å². The van der Waals surface area contributed by atoms with Gasteiger partial charge in [-0.3, -0.25) is 4.79 Å². The second-order valence-electron chi connectivity index (χ2n) is 6.37. The smallest absolute Gasteiger partial charge is 0.340 e. The highest BCUT2D eigenvalue weighted by Gasteiger charge is 2.25. The van der Waals surface area contributed by atoms with Gasteiger partial charge in [0.1, 0.15) is 24.9 Å². The van der Waals surface area contributed by atoms with Crippen molar-refractivity contribution in [3.05, 3.63) is 50.8 Å². The number of hydrogen-bond donors (Lipinski definition) is 1. The van der Waals surface area contributed by atoms with E-state index in [0.29, 0.717) is 52.1 Å². The van der Waals surface area contributed by atoms with E-state index >= 15 is 0 Å². The molecule has 0 radical (unpaired) electrons. The molecule has 8 heteroatoms. The van der Waals surface area contributed by atoms with Crippen LogP contribution in [0.25, 0.3) is 6.08 Å². The summed E-state index contributed by atoms with van der Waals surface area (Å²) < 4.78 is 16.0. The molecule has 29 heavy (non-hydrogen) atoms.